The van der Waals surface area contributed by atoms with Gasteiger partial charge in [0.2, 0.25) is 11.8 Å². The topological polar surface area (TPSA) is 53.5 Å². The minimum Gasteiger partial charge on any atom is -0.336 e. The van der Waals surface area contributed by atoms with Crippen LogP contribution in [0.1, 0.15) is 28.7 Å². The first-order chi connectivity index (χ1) is 15.9. The van der Waals surface area contributed by atoms with Crippen LogP contribution in [0.2, 0.25) is 10.0 Å². The highest BCUT2D eigenvalue weighted by molar-refractivity contribution is 6.35. The summed E-state index contributed by atoms with van der Waals surface area (Å²) in [5.74, 6) is 0.425. The highest BCUT2D eigenvalue weighted by Gasteiger charge is 2.30. The van der Waals surface area contributed by atoms with Gasteiger partial charge in [-0.25, -0.2) is 4.98 Å². The molecule has 5 rings (SSSR count). The quantitative estimate of drug-likeness (QED) is 0.516. The molecule has 5 nitrogen and oxygen atoms in total. The van der Waals surface area contributed by atoms with Gasteiger partial charge < -0.3 is 4.90 Å². The zero-order valence-electron chi connectivity index (χ0n) is 18.3. The molecule has 1 aromatic heterocycles. The molecule has 0 aliphatic carbocycles. The van der Waals surface area contributed by atoms with Crippen LogP contribution in [0.4, 0.5) is 5.82 Å². The number of aryl methyl sites for hydroxylation is 2. The maximum absolute atomic E-state index is 13.1. The van der Waals surface area contributed by atoms with Gasteiger partial charge in [0.15, 0.2) is 0 Å². The van der Waals surface area contributed by atoms with E-state index in [1.807, 2.05) is 23.1 Å². The largest absolute Gasteiger partial charge is 0.336 e. The van der Waals surface area contributed by atoms with Crippen LogP contribution in [-0.2, 0) is 29.0 Å². The maximum atomic E-state index is 13.1. The normalized spacial score (nSPS) is 15.3. The maximum Gasteiger partial charge on any atom is 0.243 e. The number of hydrogen-bond donors (Lipinski definition) is 0. The Labute approximate surface area is 202 Å². The van der Waals surface area contributed by atoms with Crippen LogP contribution < -0.4 is 4.90 Å². The number of benzene rings is 2. The molecule has 0 N–H and O–H groups in total. The van der Waals surface area contributed by atoms with Gasteiger partial charge in [-0.05, 0) is 66.3 Å². The molecule has 3 aromatic rings. The molecule has 2 aromatic carbocycles. The van der Waals surface area contributed by atoms with Crippen molar-refractivity contribution in [2.45, 2.75) is 32.7 Å². The summed E-state index contributed by atoms with van der Waals surface area (Å²) >= 11 is 12.3. The van der Waals surface area contributed by atoms with Crippen LogP contribution in [0.15, 0.2) is 48.7 Å². The monoisotopic (exact) mass is 479 g/mol. The van der Waals surface area contributed by atoms with E-state index in [0.29, 0.717) is 41.8 Å². The molecule has 7 heteroatoms. The lowest BCUT2D eigenvalue weighted by molar-refractivity contribution is -0.132. The highest BCUT2D eigenvalue weighted by Crippen LogP contribution is 2.32. The van der Waals surface area contributed by atoms with Gasteiger partial charge in [0.05, 0.1) is 0 Å². The summed E-state index contributed by atoms with van der Waals surface area (Å²) in [6.45, 7) is 3.32. The Hall–Kier alpha value is -2.89. The lowest BCUT2D eigenvalue weighted by Crippen LogP contribution is -2.46. The van der Waals surface area contributed by atoms with Crippen molar-refractivity contribution in [3.05, 3.63) is 81.0 Å². The molecule has 0 unspecified atom stereocenters. The molecule has 168 valence electrons. The van der Waals surface area contributed by atoms with Crippen LogP contribution in [0, 0.1) is 6.92 Å². The SMILES string of the molecule is Cc1ccc2c(c1)CCN(C(=O)CN1C(=O)CCc3cc(-c4cc(Cl)cc(Cl)c4)cnc31)C2. The summed E-state index contributed by atoms with van der Waals surface area (Å²) in [6, 6.07) is 13.7. The number of nitrogens with zero attached hydrogens (tertiary/aromatic N) is 3. The molecule has 3 heterocycles. The number of anilines is 1. The van der Waals surface area contributed by atoms with Gasteiger partial charge in [-0.15, -0.1) is 0 Å². The van der Waals surface area contributed by atoms with Crippen molar-refractivity contribution >= 4 is 40.8 Å². The molecule has 0 saturated heterocycles. The third kappa shape index (κ3) is 4.48. The van der Waals surface area contributed by atoms with Crippen molar-refractivity contribution in [1.29, 1.82) is 0 Å². The summed E-state index contributed by atoms with van der Waals surface area (Å²) in [5, 5.41) is 1.10. The first-order valence-corrected chi connectivity index (χ1v) is 11.7. The molecule has 2 amide bonds. The van der Waals surface area contributed by atoms with E-state index in [-0.39, 0.29) is 18.4 Å². The van der Waals surface area contributed by atoms with Crippen molar-refractivity contribution in [2.75, 3.05) is 18.0 Å². The fourth-order valence-electron chi connectivity index (χ4n) is 4.60. The molecule has 2 aliphatic heterocycles. The smallest absolute Gasteiger partial charge is 0.243 e. The van der Waals surface area contributed by atoms with Gasteiger partial charge in [-0.2, -0.15) is 0 Å². The third-order valence-corrected chi connectivity index (χ3v) is 6.76. The van der Waals surface area contributed by atoms with E-state index in [2.05, 4.69) is 30.1 Å². The van der Waals surface area contributed by atoms with Gasteiger partial charge in [0.1, 0.15) is 12.4 Å². The molecule has 0 fully saturated rings. The van der Waals surface area contributed by atoms with E-state index in [4.69, 9.17) is 23.2 Å². The first kappa shape index (κ1) is 21.9. The number of pyridine rings is 1. The average Bonchev–Trinajstić information content (AvgIpc) is 2.79. The predicted molar refractivity (Wildman–Crippen MR) is 131 cm³/mol. The van der Waals surface area contributed by atoms with Gasteiger partial charge in [0.25, 0.3) is 0 Å². The van der Waals surface area contributed by atoms with Crippen LogP contribution in [0.3, 0.4) is 0 Å². The van der Waals surface area contributed by atoms with E-state index in [1.54, 1.807) is 12.3 Å². The van der Waals surface area contributed by atoms with Gasteiger partial charge in [0, 0.05) is 41.3 Å². The second kappa shape index (κ2) is 8.81. The standard InChI is InChI=1S/C26H23Cl2N3O2/c1-16-2-3-19-14-30(7-6-17(19)8-16)25(33)15-31-24(32)5-4-18-9-21(13-29-26(18)31)20-10-22(27)12-23(28)11-20/h2-3,8-13H,4-7,14-15H2,1H3. The van der Waals surface area contributed by atoms with Crippen LogP contribution in [0.25, 0.3) is 11.1 Å². The fourth-order valence-corrected chi connectivity index (χ4v) is 5.12. The zero-order valence-corrected chi connectivity index (χ0v) is 19.8. The minimum atomic E-state index is -0.0741. The van der Waals surface area contributed by atoms with E-state index in [0.717, 1.165) is 23.1 Å². The van der Waals surface area contributed by atoms with Crippen molar-refractivity contribution in [1.82, 2.24) is 9.88 Å². The van der Waals surface area contributed by atoms with Gasteiger partial charge in [-0.1, -0.05) is 47.0 Å². The fraction of sp³-hybridized carbons (Fsp3) is 0.269. The molecular formula is C26H23Cl2N3O2. The van der Waals surface area contributed by atoms with Gasteiger partial charge >= 0.3 is 0 Å². The molecule has 33 heavy (non-hydrogen) atoms. The number of amides is 2. The number of hydrogen-bond acceptors (Lipinski definition) is 3. The van der Waals surface area contributed by atoms with E-state index in [1.165, 1.54) is 21.6 Å². The Bertz CT molecular complexity index is 1250. The number of aromatic nitrogens is 1. The summed E-state index contributed by atoms with van der Waals surface area (Å²) in [7, 11) is 0. The molecular weight excluding hydrogens is 457 g/mol. The number of rotatable bonds is 3. The molecule has 0 spiro atoms. The van der Waals surface area contributed by atoms with Crippen molar-refractivity contribution < 1.29 is 9.59 Å². The first-order valence-electron chi connectivity index (χ1n) is 11.0. The van der Waals surface area contributed by atoms with Gasteiger partial charge in [-0.3, -0.25) is 14.5 Å². The number of fused-ring (bicyclic) bond motifs is 2. The van der Waals surface area contributed by atoms with Crippen LogP contribution in [-0.4, -0.2) is 34.8 Å². The second-order valence-corrected chi connectivity index (χ2v) is 9.56. The average molecular weight is 480 g/mol. The molecule has 0 saturated carbocycles. The molecule has 2 aliphatic rings. The van der Waals surface area contributed by atoms with E-state index < -0.39 is 0 Å². The van der Waals surface area contributed by atoms with Crippen molar-refractivity contribution in [3.8, 4) is 11.1 Å². The molecule has 0 bridgehead atoms. The van der Waals surface area contributed by atoms with Crippen molar-refractivity contribution in [2.24, 2.45) is 0 Å². The summed E-state index contributed by atoms with van der Waals surface area (Å²) in [5.41, 5.74) is 6.39. The van der Waals surface area contributed by atoms with Crippen molar-refractivity contribution in [3.63, 3.8) is 0 Å². The summed E-state index contributed by atoms with van der Waals surface area (Å²) in [6.07, 6.45) is 3.47. The summed E-state index contributed by atoms with van der Waals surface area (Å²) in [4.78, 5) is 33.8. The lowest BCUT2D eigenvalue weighted by Gasteiger charge is -2.33. The minimum absolute atomic E-state index is 0.00235. The number of carbonyl (C=O) groups excluding carboxylic acids is 2. The Morgan fingerprint density at radius 2 is 1.73 bits per heavy atom. The van der Waals surface area contributed by atoms with Crippen LogP contribution >= 0.6 is 23.2 Å². The van der Waals surface area contributed by atoms with Crippen LogP contribution in [0.5, 0.6) is 0 Å². The Morgan fingerprint density at radius 1 is 0.939 bits per heavy atom. The number of carbonyl (C=O) groups is 2. The lowest BCUT2D eigenvalue weighted by atomic mass is 9.97. The predicted octanol–water partition coefficient (Wildman–Crippen LogP) is 5.23. The Morgan fingerprint density at radius 3 is 2.52 bits per heavy atom. The molecule has 0 radical (unpaired) electrons. The third-order valence-electron chi connectivity index (χ3n) is 6.32. The Balaban J connectivity index is 1.37. The van der Waals surface area contributed by atoms with E-state index >= 15 is 0 Å². The highest BCUT2D eigenvalue weighted by atomic mass is 35.5. The second-order valence-electron chi connectivity index (χ2n) is 8.68. The summed E-state index contributed by atoms with van der Waals surface area (Å²) < 4.78 is 0. The Kier molecular flexibility index (Phi) is 5.85. The number of halogens is 2. The zero-order chi connectivity index (χ0) is 23.1. The molecule has 0 atom stereocenters. The van der Waals surface area contributed by atoms with E-state index in [9.17, 15) is 9.59 Å².